The molecule has 1 atom stereocenters. The van der Waals surface area contributed by atoms with Crippen molar-refractivity contribution >= 4 is 29.4 Å². The molecule has 1 fully saturated rings. The van der Waals surface area contributed by atoms with E-state index < -0.39 is 4.92 Å². The fraction of sp³-hybridized carbons (Fsp3) is 0.375. The highest BCUT2D eigenvalue weighted by Gasteiger charge is 2.29. The van der Waals surface area contributed by atoms with Gasteiger partial charge in [-0.3, -0.25) is 19.7 Å². The first-order chi connectivity index (χ1) is 15.9. The van der Waals surface area contributed by atoms with Crippen LogP contribution in [0.25, 0.3) is 0 Å². The summed E-state index contributed by atoms with van der Waals surface area (Å²) in [6.07, 6.45) is 3.07. The second-order valence-electron chi connectivity index (χ2n) is 7.86. The Bertz CT molecular complexity index is 1020. The molecule has 2 amide bonds. The van der Waals surface area contributed by atoms with E-state index in [0.29, 0.717) is 30.8 Å². The molecule has 0 saturated carbocycles. The normalized spacial score (nSPS) is 15.9. The van der Waals surface area contributed by atoms with Crippen molar-refractivity contribution in [2.75, 3.05) is 31.1 Å². The minimum absolute atomic E-state index is 0.0673. The van der Waals surface area contributed by atoms with Crippen LogP contribution in [0.2, 0.25) is 0 Å². The molecule has 2 aromatic carbocycles. The van der Waals surface area contributed by atoms with Crippen LogP contribution in [-0.4, -0.2) is 54.0 Å². The zero-order valence-electron chi connectivity index (χ0n) is 18.9. The molecular formula is C24H29N5O4. The first-order valence-electron chi connectivity index (χ1n) is 11.1. The van der Waals surface area contributed by atoms with Crippen molar-refractivity contribution in [3.05, 3.63) is 69.8 Å². The van der Waals surface area contributed by atoms with Crippen LogP contribution in [0.15, 0.2) is 53.6 Å². The first kappa shape index (κ1) is 23.9. The Labute approximate surface area is 193 Å². The molecule has 9 nitrogen and oxygen atoms in total. The number of hydrazone groups is 1. The van der Waals surface area contributed by atoms with Crippen molar-refractivity contribution in [2.24, 2.45) is 11.0 Å². The van der Waals surface area contributed by atoms with Crippen LogP contribution in [0.3, 0.4) is 0 Å². The predicted molar refractivity (Wildman–Crippen MR) is 127 cm³/mol. The second-order valence-corrected chi connectivity index (χ2v) is 7.86. The van der Waals surface area contributed by atoms with E-state index in [9.17, 15) is 19.7 Å². The Kier molecular flexibility index (Phi) is 8.12. The molecule has 0 spiro atoms. The molecule has 9 heteroatoms. The zero-order chi connectivity index (χ0) is 23.8. The molecule has 0 aromatic heterocycles. The third-order valence-electron chi connectivity index (χ3n) is 5.81. The Morgan fingerprint density at radius 3 is 2.61 bits per heavy atom. The molecule has 2 aromatic rings. The second kappa shape index (κ2) is 11.2. The van der Waals surface area contributed by atoms with E-state index in [-0.39, 0.29) is 23.4 Å². The Morgan fingerprint density at radius 1 is 1.21 bits per heavy atom. The lowest BCUT2D eigenvalue weighted by Gasteiger charge is -2.36. The standard InChI is InChI=1S/C24H29N5O4/c1-3-27(4-2)24(31)19-11-8-14-28(17-19)22-13-12-21(29(32)33)15-20(22)16-25-26-23(30)18-9-6-5-7-10-18/h5-7,9-10,12-13,15-16,19H,3-4,8,11,14,17H2,1-2H3,(H,26,30)/b25-16-/t19-/m0/s1. The van der Waals surface area contributed by atoms with E-state index in [1.54, 1.807) is 30.3 Å². The van der Waals surface area contributed by atoms with E-state index in [0.717, 1.165) is 25.1 Å². The molecule has 0 unspecified atom stereocenters. The lowest BCUT2D eigenvalue weighted by atomic mass is 9.95. The molecule has 33 heavy (non-hydrogen) atoms. The lowest BCUT2D eigenvalue weighted by Crippen LogP contribution is -2.45. The topological polar surface area (TPSA) is 108 Å². The summed E-state index contributed by atoms with van der Waals surface area (Å²) < 4.78 is 0. The smallest absolute Gasteiger partial charge is 0.271 e. The van der Waals surface area contributed by atoms with Gasteiger partial charge in [-0.25, -0.2) is 5.43 Å². The van der Waals surface area contributed by atoms with Crippen LogP contribution in [-0.2, 0) is 4.79 Å². The number of hydrogen-bond donors (Lipinski definition) is 1. The average Bonchev–Trinajstić information content (AvgIpc) is 2.85. The Morgan fingerprint density at radius 2 is 1.94 bits per heavy atom. The first-order valence-corrected chi connectivity index (χ1v) is 11.1. The van der Waals surface area contributed by atoms with Gasteiger partial charge in [0.05, 0.1) is 17.1 Å². The highest BCUT2D eigenvalue weighted by atomic mass is 16.6. The molecule has 0 aliphatic carbocycles. The van der Waals surface area contributed by atoms with Crippen molar-refractivity contribution in [2.45, 2.75) is 26.7 Å². The minimum atomic E-state index is -0.466. The lowest BCUT2D eigenvalue weighted by molar-refractivity contribution is -0.384. The van der Waals surface area contributed by atoms with Gasteiger partial charge in [0.15, 0.2) is 0 Å². The van der Waals surface area contributed by atoms with Gasteiger partial charge in [-0.2, -0.15) is 5.10 Å². The molecule has 1 N–H and O–H groups in total. The van der Waals surface area contributed by atoms with Crippen LogP contribution in [0.5, 0.6) is 0 Å². The number of nitro groups is 1. The molecule has 3 rings (SSSR count). The number of nitrogens with one attached hydrogen (secondary N) is 1. The molecule has 0 radical (unpaired) electrons. The average molecular weight is 452 g/mol. The van der Waals surface area contributed by atoms with Gasteiger partial charge in [-0.05, 0) is 44.9 Å². The van der Waals surface area contributed by atoms with Gasteiger partial charge in [0, 0.05) is 55.1 Å². The number of nitrogens with zero attached hydrogens (tertiary/aromatic N) is 4. The van der Waals surface area contributed by atoms with E-state index in [2.05, 4.69) is 15.4 Å². The number of non-ortho nitro benzene ring substituents is 1. The van der Waals surface area contributed by atoms with Crippen molar-refractivity contribution in [3.8, 4) is 0 Å². The number of amides is 2. The number of piperidine rings is 1. The molecular weight excluding hydrogens is 422 g/mol. The SMILES string of the molecule is CCN(CC)C(=O)[C@H]1CCCN(c2ccc([N+](=O)[O-])cc2/C=N\NC(=O)c2ccccc2)C1. The van der Waals surface area contributed by atoms with Gasteiger partial charge in [-0.1, -0.05) is 18.2 Å². The maximum Gasteiger partial charge on any atom is 0.271 e. The molecule has 0 bridgehead atoms. The number of benzene rings is 2. The quantitative estimate of drug-likeness (QED) is 0.376. The molecule has 1 aliphatic heterocycles. The highest BCUT2D eigenvalue weighted by Crippen LogP contribution is 2.29. The van der Waals surface area contributed by atoms with E-state index >= 15 is 0 Å². The summed E-state index contributed by atoms with van der Waals surface area (Å²) in [5, 5.41) is 15.4. The van der Waals surface area contributed by atoms with Crippen molar-refractivity contribution in [3.63, 3.8) is 0 Å². The number of carbonyl (C=O) groups is 2. The summed E-state index contributed by atoms with van der Waals surface area (Å²) in [5.74, 6) is -0.366. The largest absolute Gasteiger partial charge is 0.370 e. The van der Waals surface area contributed by atoms with Crippen molar-refractivity contribution in [1.82, 2.24) is 10.3 Å². The Hall–Kier alpha value is -3.75. The van der Waals surface area contributed by atoms with Crippen LogP contribution < -0.4 is 10.3 Å². The number of carbonyl (C=O) groups excluding carboxylic acids is 2. The summed E-state index contributed by atoms with van der Waals surface area (Å²) in [7, 11) is 0. The maximum absolute atomic E-state index is 12.9. The number of anilines is 1. The zero-order valence-corrected chi connectivity index (χ0v) is 18.9. The van der Waals surface area contributed by atoms with Crippen LogP contribution >= 0.6 is 0 Å². The monoisotopic (exact) mass is 451 g/mol. The number of rotatable bonds is 8. The van der Waals surface area contributed by atoms with Crippen molar-refractivity contribution < 1.29 is 14.5 Å². The minimum Gasteiger partial charge on any atom is -0.370 e. The summed E-state index contributed by atoms with van der Waals surface area (Å²) in [5.41, 5.74) is 4.11. The van der Waals surface area contributed by atoms with Crippen LogP contribution in [0.4, 0.5) is 11.4 Å². The van der Waals surface area contributed by atoms with Gasteiger partial charge >= 0.3 is 0 Å². The fourth-order valence-electron chi connectivity index (χ4n) is 4.05. The molecule has 1 heterocycles. The number of hydrogen-bond acceptors (Lipinski definition) is 6. The van der Waals surface area contributed by atoms with Crippen LogP contribution in [0, 0.1) is 16.0 Å². The summed E-state index contributed by atoms with van der Waals surface area (Å²) in [6, 6.07) is 13.2. The number of nitro benzene ring substituents is 1. The summed E-state index contributed by atoms with van der Waals surface area (Å²) in [4.78, 5) is 39.9. The van der Waals surface area contributed by atoms with Gasteiger partial charge in [0.2, 0.25) is 5.91 Å². The highest BCUT2D eigenvalue weighted by molar-refractivity contribution is 5.95. The van der Waals surface area contributed by atoms with E-state index in [1.165, 1.54) is 18.3 Å². The van der Waals surface area contributed by atoms with Gasteiger partial charge in [-0.15, -0.1) is 0 Å². The molecule has 174 valence electrons. The maximum atomic E-state index is 12.9. The van der Waals surface area contributed by atoms with Gasteiger partial charge in [0.1, 0.15) is 0 Å². The molecule has 1 aliphatic rings. The van der Waals surface area contributed by atoms with E-state index in [4.69, 9.17) is 0 Å². The summed E-state index contributed by atoms with van der Waals surface area (Å²) in [6.45, 7) is 6.54. The fourth-order valence-corrected chi connectivity index (χ4v) is 4.05. The third-order valence-corrected chi connectivity index (χ3v) is 5.81. The third kappa shape index (κ3) is 5.94. The predicted octanol–water partition coefficient (Wildman–Crippen LogP) is 3.44. The molecule has 1 saturated heterocycles. The van der Waals surface area contributed by atoms with E-state index in [1.807, 2.05) is 24.8 Å². The van der Waals surface area contributed by atoms with Crippen LogP contribution in [0.1, 0.15) is 42.6 Å². The van der Waals surface area contributed by atoms with Gasteiger partial charge in [0.25, 0.3) is 11.6 Å². The Balaban J connectivity index is 1.82. The van der Waals surface area contributed by atoms with Crippen molar-refractivity contribution in [1.29, 1.82) is 0 Å². The summed E-state index contributed by atoms with van der Waals surface area (Å²) >= 11 is 0. The van der Waals surface area contributed by atoms with Gasteiger partial charge < -0.3 is 9.80 Å².